The third-order valence-corrected chi connectivity index (χ3v) is 4.30. The number of halogens is 1. The minimum absolute atomic E-state index is 0.129. The number of piperazine rings is 1. The highest BCUT2D eigenvalue weighted by Gasteiger charge is 2.27. The van der Waals surface area contributed by atoms with E-state index in [9.17, 15) is 14.0 Å². The number of quaternary nitrogens is 1. The molecule has 2 amide bonds. The van der Waals surface area contributed by atoms with E-state index in [4.69, 9.17) is 4.42 Å². The average Bonchev–Trinajstić information content (AvgIpc) is 3.12. The Morgan fingerprint density at radius 1 is 1.28 bits per heavy atom. The van der Waals surface area contributed by atoms with Crippen molar-refractivity contribution >= 4 is 17.5 Å². The maximum Gasteiger partial charge on any atom is 0.289 e. The number of rotatable bonds is 4. The maximum absolute atomic E-state index is 13.8. The molecule has 3 rings (SSSR count). The molecule has 2 heterocycles. The van der Waals surface area contributed by atoms with Crippen molar-refractivity contribution in [1.29, 1.82) is 0 Å². The van der Waals surface area contributed by atoms with Crippen molar-refractivity contribution < 1.29 is 23.3 Å². The molecule has 1 aliphatic rings. The molecule has 1 fully saturated rings. The number of hydrogen-bond acceptors (Lipinski definition) is 3. The lowest BCUT2D eigenvalue weighted by Gasteiger charge is -2.31. The highest BCUT2D eigenvalue weighted by atomic mass is 19.1. The summed E-state index contributed by atoms with van der Waals surface area (Å²) in [6.45, 7) is 4.48. The Hall–Kier alpha value is -2.67. The number of hydrogen-bond donors (Lipinski definition) is 2. The number of aryl methyl sites for hydroxylation is 1. The average molecular weight is 346 g/mol. The predicted octanol–water partition coefficient (Wildman–Crippen LogP) is 0.707. The van der Waals surface area contributed by atoms with Gasteiger partial charge in [0.25, 0.3) is 11.8 Å². The fraction of sp³-hybridized carbons (Fsp3) is 0.333. The topological polar surface area (TPSA) is 67.0 Å². The zero-order chi connectivity index (χ0) is 17.8. The molecule has 1 aliphatic heterocycles. The van der Waals surface area contributed by atoms with E-state index in [1.165, 1.54) is 12.3 Å². The molecule has 7 heteroatoms. The number of anilines is 1. The second-order valence-corrected chi connectivity index (χ2v) is 6.23. The summed E-state index contributed by atoms with van der Waals surface area (Å²) in [4.78, 5) is 27.1. The van der Waals surface area contributed by atoms with Crippen LogP contribution in [0.5, 0.6) is 0 Å². The fourth-order valence-electron chi connectivity index (χ4n) is 2.90. The Morgan fingerprint density at radius 2 is 2.04 bits per heavy atom. The summed E-state index contributed by atoms with van der Waals surface area (Å²) in [5.74, 6) is -0.466. The molecule has 0 atom stereocenters. The fourth-order valence-corrected chi connectivity index (χ4v) is 2.90. The molecule has 2 aromatic rings. The van der Waals surface area contributed by atoms with Crippen LogP contribution in [0, 0.1) is 12.7 Å². The van der Waals surface area contributed by atoms with E-state index in [2.05, 4.69) is 5.32 Å². The van der Waals surface area contributed by atoms with Crippen LogP contribution >= 0.6 is 0 Å². The number of furan rings is 1. The van der Waals surface area contributed by atoms with Gasteiger partial charge in [0.05, 0.1) is 38.1 Å². The minimum Gasteiger partial charge on any atom is -0.459 e. The second-order valence-electron chi connectivity index (χ2n) is 6.23. The molecule has 2 N–H and O–H groups in total. The van der Waals surface area contributed by atoms with Crippen LogP contribution in [0.25, 0.3) is 0 Å². The van der Waals surface area contributed by atoms with Crippen LogP contribution in [0.1, 0.15) is 16.1 Å². The Balaban J connectivity index is 1.48. The van der Waals surface area contributed by atoms with Gasteiger partial charge in [-0.15, -0.1) is 0 Å². The summed E-state index contributed by atoms with van der Waals surface area (Å²) in [7, 11) is 0. The zero-order valence-electron chi connectivity index (χ0n) is 14.0. The molecule has 0 radical (unpaired) electrons. The predicted molar refractivity (Wildman–Crippen MR) is 89.9 cm³/mol. The molecule has 0 spiro atoms. The monoisotopic (exact) mass is 346 g/mol. The molecule has 0 saturated carbocycles. The van der Waals surface area contributed by atoms with Gasteiger partial charge in [-0.05, 0) is 36.8 Å². The van der Waals surface area contributed by atoms with Crippen LogP contribution in [0.4, 0.5) is 10.1 Å². The van der Waals surface area contributed by atoms with Crippen molar-refractivity contribution in [3.8, 4) is 0 Å². The van der Waals surface area contributed by atoms with Crippen LogP contribution in [0.15, 0.2) is 41.0 Å². The van der Waals surface area contributed by atoms with Crippen LogP contribution in [0.2, 0.25) is 0 Å². The summed E-state index contributed by atoms with van der Waals surface area (Å²) >= 11 is 0. The number of carbonyl (C=O) groups is 2. The van der Waals surface area contributed by atoms with Crippen molar-refractivity contribution in [1.82, 2.24) is 4.90 Å². The molecule has 0 unspecified atom stereocenters. The summed E-state index contributed by atoms with van der Waals surface area (Å²) in [6.07, 6.45) is 1.48. The molecule has 1 aromatic carbocycles. The van der Waals surface area contributed by atoms with Crippen molar-refractivity contribution in [3.05, 3.63) is 53.7 Å². The number of benzene rings is 1. The summed E-state index contributed by atoms with van der Waals surface area (Å²) in [5.41, 5.74) is 1.00. The molecule has 0 bridgehead atoms. The smallest absolute Gasteiger partial charge is 0.289 e. The van der Waals surface area contributed by atoms with Gasteiger partial charge < -0.3 is 19.5 Å². The van der Waals surface area contributed by atoms with E-state index >= 15 is 0 Å². The van der Waals surface area contributed by atoms with Crippen LogP contribution in [-0.2, 0) is 4.79 Å². The third-order valence-electron chi connectivity index (χ3n) is 4.30. The lowest BCUT2D eigenvalue weighted by Crippen LogP contribution is -3.15. The summed E-state index contributed by atoms with van der Waals surface area (Å²) in [5, 5.41) is 2.61. The largest absolute Gasteiger partial charge is 0.459 e. The Morgan fingerprint density at radius 3 is 2.68 bits per heavy atom. The highest BCUT2D eigenvalue weighted by Crippen LogP contribution is 2.14. The number of nitrogens with zero attached hydrogens (tertiary/aromatic N) is 1. The van der Waals surface area contributed by atoms with E-state index in [-0.39, 0.29) is 24.0 Å². The SMILES string of the molecule is Cc1ccc(NC(=O)C[NH+]2CCN(C(=O)c3ccco3)CC2)c(F)c1. The molecule has 1 saturated heterocycles. The standard InChI is InChI=1S/C18H20FN3O3/c1-13-4-5-15(14(19)11-13)20-17(23)12-21-6-8-22(9-7-21)18(24)16-3-2-10-25-16/h2-5,10-11H,6-9,12H2,1H3,(H,20,23)/p+1. The normalized spacial score (nSPS) is 15.2. The Labute approximate surface area is 145 Å². The molecule has 25 heavy (non-hydrogen) atoms. The van der Waals surface area contributed by atoms with Crippen molar-refractivity contribution in [2.45, 2.75) is 6.92 Å². The first-order chi connectivity index (χ1) is 12.0. The third kappa shape index (κ3) is 4.24. The molecular formula is C18H21FN3O3+. The van der Waals surface area contributed by atoms with Crippen LogP contribution in [-0.4, -0.2) is 49.4 Å². The molecule has 6 nitrogen and oxygen atoms in total. The number of amides is 2. The van der Waals surface area contributed by atoms with Crippen LogP contribution < -0.4 is 10.2 Å². The number of carbonyl (C=O) groups excluding carboxylic acids is 2. The lowest BCUT2D eigenvalue weighted by atomic mass is 10.2. The van der Waals surface area contributed by atoms with E-state index in [1.807, 2.05) is 0 Å². The van der Waals surface area contributed by atoms with Crippen molar-refractivity contribution in [2.24, 2.45) is 0 Å². The van der Waals surface area contributed by atoms with Crippen LogP contribution in [0.3, 0.4) is 0 Å². The lowest BCUT2D eigenvalue weighted by molar-refractivity contribution is -0.895. The first kappa shape index (κ1) is 17.2. The first-order valence-electron chi connectivity index (χ1n) is 8.25. The van der Waals surface area contributed by atoms with E-state index in [0.717, 1.165) is 10.5 Å². The van der Waals surface area contributed by atoms with Gasteiger partial charge in [0.15, 0.2) is 12.3 Å². The van der Waals surface area contributed by atoms with E-state index < -0.39 is 5.82 Å². The van der Waals surface area contributed by atoms with E-state index in [1.54, 1.807) is 36.1 Å². The van der Waals surface area contributed by atoms with Gasteiger partial charge in [-0.25, -0.2) is 4.39 Å². The molecular weight excluding hydrogens is 325 g/mol. The quantitative estimate of drug-likeness (QED) is 0.857. The van der Waals surface area contributed by atoms with Crippen molar-refractivity contribution in [2.75, 3.05) is 38.0 Å². The van der Waals surface area contributed by atoms with Gasteiger partial charge in [-0.3, -0.25) is 9.59 Å². The van der Waals surface area contributed by atoms with Crippen molar-refractivity contribution in [3.63, 3.8) is 0 Å². The second kappa shape index (κ2) is 7.48. The number of nitrogens with one attached hydrogen (secondary N) is 2. The maximum atomic E-state index is 13.8. The summed E-state index contributed by atoms with van der Waals surface area (Å²) in [6, 6.07) is 8.04. The van der Waals surface area contributed by atoms with E-state index in [0.29, 0.717) is 31.9 Å². The van der Waals surface area contributed by atoms with Gasteiger partial charge in [0.1, 0.15) is 5.82 Å². The van der Waals surface area contributed by atoms with Gasteiger partial charge >= 0.3 is 0 Å². The highest BCUT2D eigenvalue weighted by molar-refractivity contribution is 5.92. The molecule has 0 aliphatic carbocycles. The van der Waals surface area contributed by atoms with Gasteiger partial charge in [0, 0.05) is 0 Å². The zero-order valence-corrected chi connectivity index (χ0v) is 14.0. The van der Waals surface area contributed by atoms with Gasteiger partial charge in [0.2, 0.25) is 0 Å². The Kier molecular flexibility index (Phi) is 5.14. The molecule has 132 valence electrons. The van der Waals surface area contributed by atoms with Gasteiger partial charge in [-0.1, -0.05) is 6.07 Å². The first-order valence-corrected chi connectivity index (χ1v) is 8.25. The summed E-state index contributed by atoms with van der Waals surface area (Å²) < 4.78 is 18.9. The molecule has 1 aromatic heterocycles. The Bertz CT molecular complexity index is 753. The van der Waals surface area contributed by atoms with Gasteiger partial charge in [-0.2, -0.15) is 0 Å². The minimum atomic E-state index is -0.433.